The molecule has 1 aliphatic carbocycles. The first-order valence-electron chi connectivity index (χ1n) is 5.85. The van der Waals surface area contributed by atoms with Crippen molar-refractivity contribution in [2.24, 2.45) is 5.41 Å². The monoisotopic (exact) mass is 235 g/mol. The van der Waals surface area contributed by atoms with Crippen molar-refractivity contribution < 1.29 is 4.92 Å². The third-order valence-electron chi connectivity index (χ3n) is 3.53. The van der Waals surface area contributed by atoms with E-state index in [-0.39, 0.29) is 10.6 Å². The molecular formula is C12H17N3O2. The van der Waals surface area contributed by atoms with Crippen LogP contribution in [-0.2, 0) is 0 Å². The molecule has 5 nitrogen and oxygen atoms in total. The van der Waals surface area contributed by atoms with Crippen LogP contribution in [0.2, 0.25) is 0 Å². The van der Waals surface area contributed by atoms with E-state index in [0.29, 0.717) is 16.8 Å². The number of hydrogen-bond acceptors (Lipinski definition) is 4. The summed E-state index contributed by atoms with van der Waals surface area (Å²) in [6.45, 7) is 4.76. The molecule has 1 aromatic heterocycles. The molecule has 1 saturated carbocycles. The Morgan fingerprint density at radius 2 is 2.29 bits per heavy atom. The van der Waals surface area contributed by atoms with Crippen LogP contribution in [-0.4, -0.2) is 16.5 Å². The van der Waals surface area contributed by atoms with Crippen LogP contribution in [0.25, 0.3) is 0 Å². The summed E-state index contributed by atoms with van der Waals surface area (Å²) >= 11 is 0. The van der Waals surface area contributed by atoms with Crippen molar-refractivity contribution >= 4 is 11.5 Å². The van der Waals surface area contributed by atoms with Gasteiger partial charge >= 0.3 is 0 Å². The van der Waals surface area contributed by atoms with Gasteiger partial charge in [-0.2, -0.15) is 0 Å². The maximum absolute atomic E-state index is 10.8. The highest BCUT2D eigenvalue weighted by atomic mass is 16.6. The molecule has 0 atom stereocenters. The minimum absolute atomic E-state index is 0.126. The molecule has 0 spiro atoms. The summed E-state index contributed by atoms with van der Waals surface area (Å²) in [4.78, 5) is 14.6. The SMILES string of the molecule is Cc1cnc(NCC2(C)CCC2)cc1[N+](=O)[O-]. The fourth-order valence-corrected chi connectivity index (χ4v) is 2.07. The first-order chi connectivity index (χ1) is 8.00. The Hall–Kier alpha value is -1.65. The zero-order valence-corrected chi connectivity index (χ0v) is 10.2. The smallest absolute Gasteiger partial charge is 0.277 e. The Morgan fingerprint density at radius 3 is 2.82 bits per heavy atom. The van der Waals surface area contributed by atoms with Crippen LogP contribution in [0.5, 0.6) is 0 Å². The highest BCUT2D eigenvalue weighted by Gasteiger charge is 2.31. The van der Waals surface area contributed by atoms with Gasteiger partial charge in [0.05, 0.1) is 11.0 Å². The molecule has 2 rings (SSSR count). The number of aryl methyl sites for hydroxylation is 1. The van der Waals surface area contributed by atoms with Gasteiger partial charge in [0, 0.05) is 18.3 Å². The third-order valence-corrected chi connectivity index (χ3v) is 3.53. The molecule has 0 bridgehead atoms. The van der Waals surface area contributed by atoms with E-state index in [1.807, 2.05) is 0 Å². The fourth-order valence-electron chi connectivity index (χ4n) is 2.07. The van der Waals surface area contributed by atoms with E-state index in [2.05, 4.69) is 17.2 Å². The molecule has 0 unspecified atom stereocenters. The number of nitrogens with zero attached hydrogens (tertiary/aromatic N) is 2. The maximum Gasteiger partial charge on any atom is 0.277 e. The lowest BCUT2D eigenvalue weighted by atomic mass is 9.70. The average molecular weight is 235 g/mol. The number of nitrogens with one attached hydrogen (secondary N) is 1. The van der Waals surface area contributed by atoms with Gasteiger partial charge in [-0.05, 0) is 25.2 Å². The number of aromatic nitrogens is 1. The number of anilines is 1. The maximum atomic E-state index is 10.8. The number of pyridine rings is 1. The van der Waals surface area contributed by atoms with Gasteiger partial charge in [0.2, 0.25) is 0 Å². The molecular weight excluding hydrogens is 218 g/mol. The molecule has 92 valence electrons. The standard InChI is InChI=1S/C12H17N3O2/c1-9-7-13-11(6-10(9)15(16)17)14-8-12(2)4-3-5-12/h6-7H,3-5,8H2,1-2H3,(H,13,14). The van der Waals surface area contributed by atoms with Crippen molar-refractivity contribution in [3.05, 3.63) is 27.9 Å². The van der Waals surface area contributed by atoms with E-state index >= 15 is 0 Å². The van der Waals surface area contributed by atoms with Gasteiger partial charge in [-0.3, -0.25) is 10.1 Å². The Labute approximate surface area is 100 Å². The second-order valence-corrected chi connectivity index (χ2v) is 5.13. The van der Waals surface area contributed by atoms with Gasteiger partial charge in [0.15, 0.2) is 0 Å². The quantitative estimate of drug-likeness (QED) is 0.643. The number of hydrogen-bond donors (Lipinski definition) is 1. The van der Waals surface area contributed by atoms with Crippen molar-refractivity contribution in [2.45, 2.75) is 33.1 Å². The Bertz CT molecular complexity index is 441. The van der Waals surface area contributed by atoms with Crippen LogP contribution in [0.3, 0.4) is 0 Å². The topological polar surface area (TPSA) is 68.1 Å². The van der Waals surface area contributed by atoms with E-state index in [0.717, 1.165) is 6.54 Å². The van der Waals surface area contributed by atoms with Gasteiger partial charge in [0.25, 0.3) is 5.69 Å². The van der Waals surface area contributed by atoms with Gasteiger partial charge in [-0.15, -0.1) is 0 Å². The highest BCUT2D eigenvalue weighted by Crippen LogP contribution is 2.40. The molecule has 1 N–H and O–H groups in total. The number of rotatable bonds is 4. The average Bonchev–Trinajstić information content (AvgIpc) is 2.25. The van der Waals surface area contributed by atoms with E-state index < -0.39 is 0 Å². The van der Waals surface area contributed by atoms with Crippen LogP contribution >= 0.6 is 0 Å². The molecule has 1 heterocycles. The van der Waals surface area contributed by atoms with E-state index in [9.17, 15) is 10.1 Å². The molecule has 1 aliphatic rings. The lowest BCUT2D eigenvalue weighted by molar-refractivity contribution is -0.385. The van der Waals surface area contributed by atoms with E-state index in [4.69, 9.17) is 0 Å². The molecule has 0 saturated heterocycles. The third kappa shape index (κ3) is 2.54. The van der Waals surface area contributed by atoms with Crippen molar-refractivity contribution in [2.75, 3.05) is 11.9 Å². The predicted molar refractivity (Wildman–Crippen MR) is 66.1 cm³/mol. The number of nitro groups is 1. The molecule has 0 aliphatic heterocycles. The summed E-state index contributed by atoms with van der Waals surface area (Å²) in [6, 6.07) is 1.51. The van der Waals surface area contributed by atoms with Crippen LogP contribution in [0.15, 0.2) is 12.3 Å². The van der Waals surface area contributed by atoms with Crippen molar-refractivity contribution in [1.29, 1.82) is 0 Å². The largest absolute Gasteiger partial charge is 0.369 e. The minimum atomic E-state index is -0.368. The second-order valence-electron chi connectivity index (χ2n) is 5.13. The summed E-state index contributed by atoms with van der Waals surface area (Å²) in [6.07, 6.45) is 5.26. The van der Waals surface area contributed by atoms with E-state index in [1.54, 1.807) is 13.1 Å². The van der Waals surface area contributed by atoms with Crippen molar-refractivity contribution in [3.63, 3.8) is 0 Å². The van der Waals surface area contributed by atoms with E-state index in [1.165, 1.54) is 25.3 Å². The van der Waals surface area contributed by atoms with Crippen LogP contribution in [0.1, 0.15) is 31.7 Å². The molecule has 17 heavy (non-hydrogen) atoms. The molecule has 0 amide bonds. The van der Waals surface area contributed by atoms with Gasteiger partial charge < -0.3 is 5.32 Å². The normalized spacial score (nSPS) is 17.3. The van der Waals surface area contributed by atoms with Crippen molar-refractivity contribution in [1.82, 2.24) is 4.98 Å². The molecule has 1 fully saturated rings. The second kappa shape index (κ2) is 4.31. The Morgan fingerprint density at radius 1 is 1.59 bits per heavy atom. The Kier molecular flexibility index (Phi) is 3.00. The molecule has 1 aromatic rings. The first kappa shape index (κ1) is 11.8. The minimum Gasteiger partial charge on any atom is -0.369 e. The summed E-state index contributed by atoms with van der Waals surface area (Å²) < 4.78 is 0. The summed E-state index contributed by atoms with van der Waals surface area (Å²) in [7, 11) is 0. The molecule has 0 radical (unpaired) electrons. The lowest BCUT2D eigenvalue weighted by Crippen LogP contribution is -2.33. The fraction of sp³-hybridized carbons (Fsp3) is 0.583. The summed E-state index contributed by atoms with van der Waals surface area (Å²) in [5.41, 5.74) is 1.05. The van der Waals surface area contributed by atoms with Gasteiger partial charge in [0.1, 0.15) is 5.82 Å². The van der Waals surface area contributed by atoms with Crippen LogP contribution in [0.4, 0.5) is 11.5 Å². The highest BCUT2D eigenvalue weighted by molar-refractivity contribution is 5.49. The summed E-state index contributed by atoms with van der Waals surface area (Å²) in [5.74, 6) is 0.593. The first-order valence-corrected chi connectivity index (χ1v) is 5.85. The lowest BCUT2D eigenvalue weighted by Gasteiger charge is -2.38. The van der Waals surface area contributed by atoms with Crippen LogP contribution in [0, 0.1) is 22.5 Å². The zero-order chi connectivity index (χ0) is 12.5. The van der Waals surface area contributed by atoms with Crippen molar-refractivity contribution in [3.8, 4) is 0 Å². The Balaban J connectivity index is 2.06. The summed E-state index contributed by atoms with van der Waals surface area (Å²) in [5, 5.41) is 14.0. The molecule has 5 heteroatoms. The van der Waals surface area contributed by atoms with Crippen LogP contribution < -0.4 is 5.32 Å². The molecule has 0 aromatic carbocycles. The zero-order valence-electron chi connectivity index (χ0n) is 10.2. The predicted octanol–water partition coefficient (Wildman–Crippen LogP) is 2.90. The van der Waals surface area contributed by atoms with Gasteiger partial charge in [-0.25, -0.2) is 4.98 Å². The van der Waals surface area contributed by atoms with Gasteiger partial charge in [-0.1, -0.05) is 13.3 Å².